The van der Waals surface area contributed by atoms with E-state index in [-0.39, 0.29) is 5.75 Å². The molecule has 94 valence electrons. The fourth-order valence-electron chi connectivity index (χ4n) is 1.64. The van der Waals surface area contributed by atoms with Gasteiger partial charge in [-0.25, -0.2) is 0 Å². The van der Waals surface area contributed by atoms with Gasteiger partial charge in [0.15, 0.2) is 0 Å². The Labute approximate surface area is 104 Å². The third-order valence-corrected chi connectivity index (χ3v) is 2.81. The van der Waals surface area contributed by atoms with Gasteiger partial charge in [-0.2, -0.15) is 0 Å². The van der Waals surface area contributed by atoms with Crippen LogP contribution in [0.5, 0.6) is 5.75 Å². The van der Waals surface area contributed by atoms with Gasteiger partial charge >= 0.3 is 0 Å². The molecular formula is C14H21N2O-. The van der Waals surface area contributed by atoms with E-state index in [2.05, 4.69) is 16.9 Å². The second-order valence-corrected chi connectivity index (χ2v) is 4.37. The number of aliphatic imine (C=N–C) groups is 1. The third-order valence-electron chi connectivity index (χ3n) is 2.81. The summed E-state index contributed by atoms with van der Waals surface area (Å²) in [5.74, 6) is 0.00214. The molecule has 0 fully saturated rings. The number of pyridine rings is 1. The molecule has 0 aliphatic rings. The van der Waals surface area contributed by atoms with E-state index < -0.39 is 0 Å². The molecule has 3 nitrogen and oxygen atoms in total. The number of hydrogen-bond donors (Lipinski definition) is 0. The summed E-state index contributed by atoms with van der Waals surface area (Å²) >= 11 is 0. The Bertz CT molecular complexity index is 386. The topological polar surface area (TPSA) is 48.3 Å². The molecule has 0 saturated carbocycles. The van der Waals surface area contributed by atoms with E-state index in [0.29, 0.717) is 11.3 Å². The van der Waals surface area contributed by atoms with E-state index in [1.54, 1.807) is 19.3 Å². The van der Waals surface area contributed by atoms with E-state index in [9.17, 15) is 5.11 Å². The molecule has 0 aliphatic carbocycles. The molecule has 0 saturated heterocycles. The van der Waals surface area contributed by atoms with E-state index in [1.165, 1.54) is 19.3 Å². The Morgan fingerprint density at radius 1 is 1.29 bits per heavy atom. The molecule has 0 N–H and O–H groups in total. The summed E-state index contributed by atoms with van der Waals surface area (Å²) in [7, 11) is 0. The van der Waals surface area contributed by atoms with E-state index in [0.717, 1.165) is 18.5 Å². The summed E-state index contributed by atoms with van der Waals surface area (Å²) in [6, 6.07) is 0. The van der Waals surface area contributed by atoms with Crippen molar-refractivity contribution in [3.05, 3.63) is 23.0 Å². The summed E-state index contributed by atoms with van der Waals surface area (Å²) in [6.45, 7) is 6.63. The van der Waals surface area contributed by atoms with Crippen molar-refractivity contribution in [2.75, 3.05) is 6.54 Å². The Morgan fingerprint density at radius 2 is 2.06 bits per heavy atom. The quantitative estimate of drug-likeness (QED) is 0.560. The van der Waals surface area contributed by atoms with Crippen LogP contribution in [0.4, 0.5) is 0 Å². The van der Waals surface area contributed by atoms with Gasteiger partial charge in [0.1, 0.15) is 0 Å². The molecule has 0 bridgehead atoms. The lowest BCUT2D eigenvalue weighted by molar-refractivity contribution is -0.269. The number of aromatic nitrogens is 1. The highest BCUT2D eigenvalue weighted by atomic mass is 16.3. The molecule has 0 spiro atoms. The van der Waals surface area contributed by atoms with Gasteiger partial charge in [-0.3, -0.25) is 9.98 Å². The summed E-state index contributed by atoms with van der Waals surface area (Å²) in [4.78, 5) is 8.36. The lowest BCUT2D eigenvalue weighted by atomic mass is 10.1. The monoisotopic (exact) mass is 233 g/mol. The Morgan fingerprint density at radius 3 is 2.76 bits per heavy atom. The first-order valence-corrected chi connectivity index (χ1v) is 6.29. The maximum Gasteiger partial charge on any atom is 0.0389 e. The van der Waals surface area contributed by atoms with E-state index in [1.807, 2.05) is 6.92 Å². The van der Waals surface area contributed by atoms with Gasteiger partial charge in [-0.05, 0) is 31.4 Å². The second-order valence-electron chi connectivity index (χ2n) is 4.37. The van der Waals surface area contributed by atoms with Gasteiger partial charge in [0.25, 0.3) is 0 Å². The molecule has 0 unspecified atom stereocenters. The Kier molecular flexibility index (Phi) is 5.67. The van der Waals surface area contributed by atoms with Crippen LogP contribution in [0.15, 0.2) is 11.2 Å². The van der Waals surface area contributed by atoms with Crippen molar-refractivity contribution in [2.24, 2.45) is 4.99 Å². The highest BCUT2D eigenvalue weighted by Crippen LogP contribution is 2.18. The van der Waals surface area contributed by atoms with Gasteiger partial charge in [0, 0.05) is 24.7 Å². The van der Waals surface area contributed by atoms with Crippen LogP contribution in [-0.4, -0.2) is 17.7 Å². The molecule has 1 aromatic heterocycles. The van der Waals surface area contributed by atoms with E-state index in [4.69, 9.17) is 0 Å². The molecule has 0 amide bonds. The standard InChI is InChI=1S/C14H22N2O/c1-4-5-6-7-8-15-10-13-11(2)9-16-12(3)14(13)17/h9-10,17H,4-8H2,1-3H3/p-1. The molecule has 3 heteroatoms. The van der Waals surface area contributed by atoms with Gasteiger partial charge in [0.2, 0.25) is 0 Å². The van der Waals surface area contributed by atoms with Crippen molar-refractivity contribution in [2.45, 2.75) is 46.5 Å². The summed E-state index contributed by atoms with van der Waals surface area (Å²) in [5, 5.41) is 11.8. The zero-order valence-electron chi connectivity index (χ0n) is 11.0. The van der Waals surface area contributed by atoms with Crippen molar-refractivity contribution in [1.29, 1.82) is 0 Å². The zero-order valence-corrected chi connectivity index (χ0v) is 11.0. The summed E-state index contributed by atoms with van der Waals surface area (Å²) in [6.07, 6.45) is 8.24. The van der Waals surface area contributed by atoms with Crippen LogP contribution in [0.2, 0.25) is 0 Å². The van der Waals surface area contributed by atoms with Crippen molar-refractivity contribution in [1.82, 2.24) is 4.98 Å². The smallest absolute Gasteiger partial charge is 0.0389 e. The van der Waals surface area contributed by atoms with Crippen LogP contribution in [0.25, 0.3) is 0 Å². The van der Waals surface area contributed by atoms with Crippen LogP contribution >= 0.6 is 0 Å². The Balaban J connectivity index is 2.56. The van der Waals surface area contributed by atoms with Gasteiger partial charge in [-0.15, -0.1) is 0 Å². The summed E-state index contributed by atoms with van der Waals surface area (Å²) in [5.41, 5.74) is 2.13. The van der Waals surface area contributed by atoms with Crippen LogP contribution in [0, 0.1) is 13.8 Å². The molecule has 0 aromatic carbocycles. The van der Waals surface area contributed by atoms with Crippen molar-refractivity contribution < 1.29 is 5.11 Å². The Hall–Kier alpha value is -1.38. The first-order valence-electron chi connectivity index (χ1n) is 6.29. The maximum atomic E-state index is 11.8. The number of rotatable bonds is 6. The minimum atomic E-state index is 0.00214. The fourth-order valence-corrected chi connectivity index (χ4v) is 1.64. The minimum Gasteiger partial charge on any atom is -0.871 e. The average Bonchev–Trinajstić information content (AvgIpc) is 2.32. The van der Waals surface area contributed by atoms with Gasteiger partial charge in [-0.1, -0.05) is 31.9 Å². The molecule has 0 radical (unpaired) electrons. The van der Waals surface area contributed by atoms with Gasteiger partial charge in [0.05, 0.1) is 0 Å². The summed E-state index contributed by atoms with van der Waals surface area (Å²) < 4.78 is 0. The highest BCUT2D eigenvalue weighted by Gasteiger charge is 1.99. The molecule has 17 heavy (non-hydrogen) atoms. The molecule has 0 aliphatic heterocycles. The lowest BCUT2D eigenvalue weighted by Gasteiger charge is -2.14. The van der Waals surface area contributed by atoms with Crippen LogP contribution in [-0.2, 0) is 0 Å². The van der Waals surface area contributed by atoms with Crippen molar-refractivity contribution in [3.8, 4) is 5.75 Å². The molecule has 1 aromatic rings. The largest absolute Gasteiger partial charge is 0.871 e. The average molecular weight is 233 g/mol. The van der Waals surface area contributed by atoms with Crippen molar-refractivity contribution >= 4 is 6.21 Å². The SMILES string of the molecule is CCCCCCN=Cc1c(C)cnc(C)c1[O-]. The molecule has 1 heterocycles. The van der Waals surface area contributed by atoms with Gasteiger partial charge < -0.3 is 5.11 Å². The number of hydrogen-bond acceptors (Lipinski definition) is 3. The number of aryl methyl sites for hydroxylation is 2. The number of nitrogens with zero attached hydrogens (tertiary/aromatic N) is 2. The highest BCUT2D eigenvalue weighted by molar-refractivity contribution is 5.85. The minimum absolute atomic E-state index is 0.00214. The van der Waals surface area contributed by atoms with E-state index >= 15 is 0 Å². The van der Waals surface area contributed by atoms with Crippen LogP contribution < -0.4 is 5.11 Å². The first-order chi connectivity index (χ1) is 8.16. The van der Waals surface area contributed by atoms with Crippen LogP contribution in [0.3, 0.4) is 0 Å². The lowest BCUT2D eigenvalue weighted by Crippen LogP contribution is -2.03. The molecular weight excluding hydrogens is 212 g/mol. The van der Waals surface area contributed by atoms with Crippen molar-refractivity contribution in [3.63, 3.8) is 0 Å². The zero-order chi connectivity index (χ0) is 12.7. The first kappa shape index (κ1) is 13.7. The fraction of sp³-hybridized carbons (Fsp3) is 0.571. The third kappa shape index (κ3) is 4.17. The number of unbranched alkanes of at least 4 members (excludes halogenated alkanes) is 3. The van der Waals surface area contributed by atoms with Crippen LogP contribution in [0.1, 0.15) is 49.4 Å². The second kappa shape index (κ2) is 7.05. The predicted octanol–water partition coefficient (Wildman–Crippen LogP) is 2.77. The molecule has 1 rings (SSSR count). The maximum absolute atomic E-state index is 11.8. The normalized spacial score (nSPS) is 11.2. The molecule has 0 atom stereocenters. The predicted molar refractivity (Wildman–Crippen MR) is 69.8 cm³/mol.